The Bertz CT molecular complexity index is 491. The normalized spacial score (nSPS) is 15.4. The molecular weight excluding hydrogens is 224 g/mol. The average Bonchev–Trinajstić information content (AvgIpc) is 2.49. The van der Waals surface area contributed by atoms with Gasteiger partial charge in [-0.05, 0) is 26.0 Å². The van der Waals surface area contributed by atoms with E-state index in [-0.39, 0.29) is 0 Å². The fourth-order valence-corrected chi connectivity index (χ4v) is 1.93. The summed E-state index contributed by atoms with van der Waals surface area (Å²) < 4.78 is 5.62. The summed E-state index contributed by atoms with van der Waals surface area (Å²) in [5.74, 6) is 6.26. The minimum Gasteiger partial charge on any atom is -0.375 e. The van der Waals surface area contributed by atoms with Crippen molar-refractivity contribution in [2.45, 2.75) is 26.0 Å². The van der Waals surface area contributed by atoms with Crippen molar-refractivity contribution < 1.29 is 4.74 Å². The molecule has 0 saturated heterocycles. The zero-order chi connectivity index (χ0) is 13.2. The van der Waals surface area contributed by atoms with E-state index in [0.717, 1.165) is 24.3 Å². The number of fused-ring (bicyclic) bond motifs is 1. The van der Waals surface area contributed by atoms with Gasteiger partial charge < -0.3 is 15.4 Å². The first-order valence-corrected chi connectivity index (χ1v) is 6.20. The van der Waals surface area contributed by atoms with Crippen molar-refractivity contribution in [3.05, 3.63) is 29.3 Å². The molecular formula is C15H20N2O. The number of likely N-dealkylation sites (N-methyl/N-ethyl adjacent to an activating group) is 1. The standard InChI is InChI=1S/C15H20N2O/c1-15(2,16)8-7-12-5-4-6-14-13(12)11-18-10-9-17(14)3/h4-6H,9-11,16H2,1-3H3. The Morgan fingerprint density at radius 2 is 2.17 bits per heavy atom. The molecule has 1 aliphatic rings. The molecule has 3 heteroatoms. The molecule has 1 aromatic carbocycles. The van der Waals surface area contributed by atoms with Crippen LogP contribution in [-0.4, -0.2) is 25.7 Å². The van der Waals surface area contributed by atoms with E-state index in [9.17, 15) is 0 Å². The largest absolute Gasteiger partial charge is 0.375 e. The van der Waals surface area contributed by atoms with E-state index in [4.69, 9.17) is 10.5 Å². The lowest BCUT2D eigenvalue weighted by Crippen LogP contribution is -2.29. The number of ether oxygens (including phenoxy) is 1. The lowest BCUT2D eigenvalue weighted by atomic mass is 10.0. The van der Waals surface area contributed by atoms with E-state index in [1.165, 1.54) is 5.69 Å². The van der Waals surface area contributed by atoms with Gasteiger partial charge >= 0.3 is 0 Å². The Kier molecular flexibility index (Phi) is 3.60. The molecule has 0 atom stereocenters. The predicted octanol–water partition coefficient (Wildman–Crippen LogP) is 1.74. The summed E-state index contributed by atoms with van der Waals surface area (Å²) in [6, 6.07) is 6.18. The van der Waals surface area contributed by atoms with Crippen LogP contribution in [0.1, 0.15) is 25.0 Å². The van der Waals surface area contributed by atoms with Gasteiger partial charge in [0.1, 0.15) is 0 Å². The Morgan fingerprint density at radius 3 is 2.89 bits per heavy atom. The molecule has 3 nitrogen and oxygen atoms in total. The van der Waals surface area contributed by atoms with Crippen LogP contribution in [0.5, 0.6) is 0 Å². The molecule has 0 aliphatic carbocycles. The number of benzene rings is 1. The summed E-state index contributed by atoms with van der Waals surface area (Å²) in [5.41, 5.74) is 8.81. The van der Waals surface area contributed by atoms with E-state index in [2.05, 4.69) is 29.9 Å². The molecule has 0 amide bonds. The zero-order valence-electron chi connectivity index (χ0n) is 11.3. The van der Waals surface area contributed by atoms with Crippen LogP contribution < -0.4 is 10.6 Å². The van der Waals surface area contributed by atoms with E-state index >= 15 is 0 Å². The van der Waals surface area contributed by atoms with E-state index in [1.807, 2.05) is 26.0 Å². The summed E-state index contributed by atoms with van der Waals surface area (Å²) in [6.07, 6.45) is 0. The molecule has 1 aromatic rings. The molecule has 0 unspecified atom stereocenters. The van der Waals surface area contributed by atoms with Crippen LogP contribution in [0.25, 0.3) is 0 Å². The summed E-state index contributed by atoms with van der Waals surface area (Å²) in [6.45, 7) is 6.09. The highest BCUT2D eigenvalue weighted by Gasteiger charge is 2.15. The van der Waals surface area contributed by atoms with Gasteiger partial charge in [-0.3, -0.25) is 0 Å². The van der Waals surface area contributed by atoms with Gasteiger partial charge in [-0.25, -0.2) is 0 Å². The molecule has 0 radical (unpaired) electrons. The fourth-order valence-electron chi connectivity index (χ4n) is 1.93. The molecule has 96 valence electrons. The van der Waals surface area contributed by atoms with Crippen LogP contribution in [0.15, 0.2) is 18.2 Å². The van der Waals surface area contributed by atoms with Gasteiger partial charge in [0.25, 0.3) is 0 Å². The third-order valence-corrected chi connectivity index (χ3v) is 2.90. The van der Waals surface area contributed by atoms with E-state index in [1.54, 1.807) is 0 Å². The second kappa shape index (κ2) is 5.01. The summed E-state index contributed by atoms with van der Waals surface area (Å²) in [5, 5.41) is 0. The van der Waals surface area contributed by atoms with Crippen molar-refractivity contribution in [2.24, 2.45) is 5.73 Å². The number of nitrogens with two attached hydrogens (primary N) is 1. The SMILES string of the molecule is CN1CCOCc2c(C#CC(C)(C)N)cccc21. The highest BCUT2D eigenvalue weighted by Crippen LogP contribution is 2.25. The molecule has 0 aromatic heterocycles. The molecule has 1 heterocycles. The lowest BCUT2D eigenvalue weighted by molar-refractivity contribution is 0.132. The highest BCUT2D eigenvalue weighted by atomic mass is 16.5. The Morgan fingerprint density at radius 1 is 1.39 bits per heavy atom. The Labute approximate surface area is 109 Å². The van der Waals surface area contributed by atoms with Crippen molar-refractivity contribution in [2.75, 3.05) is 25.1 Å². The molecule has 1 aliphatic heterocycles. The minimum absolute atomic E-state index is 0.472. The second-order valence-electron chi connectivity index (χ2n) is 5.25. The first-order valence-electron chi connectivity index (χ1n) is 6.20. The molecule has 18 heavy (non-hydrogen) atoms. The summed E-state index contributed by atoms with van der Waals surface area (Å²) >= 11 is 0. The maximum absolute atomic E-state index is 5.90. The third kappa shape index (κ3) is 3.04. The van der Waals surface area contributed by atoms with E-state index < -0.39 is 5.54 Å². The monoisotopic (exact) mass is 244 g/mol. The number of rotatable bonds is 0. The maximum Gasteiger partial charge on any atom is 0.0750 e. The maximum atomic E-state index is 5.90. The first kappa shape index (κ1) is 12.9. The minimum atomic E-state index is -0.472. The van der Waals surface area contributed by atoms with Gasteiger partial charge in [0.05, 0.1) is 18.8 Å². The quantitative estimate of drug-likeness (QED) is 0.707. The molecule has 0 saturated carbocycles. The third-order valence-electron chi connectivity index (χ3n) is 2.90. The molecule has 0 spiro atoms. The van der Waals surface area contributed by atoms with Gasteiger partial charge in [0.15, 0.2) is 0 Å². The molecule has 0 fully saturated rings. The van der Waals surface area contributed by atoms with Gasteiger partial charge in [-0.2, -0.15) is 0 Å². The van der Waals surface area contributed by atoms with Crippen molar-refractivity contribution in [1.82, 2.24) is 0 Å². The fraction of sp³-hybridized carbons (Fsp3) is 0.467. The smallest absolute Gasteiger partial charge is 0.0750 e. The average molecular weight is 244 g/mol. The van der Waals surface area contributed by atoms with Gasteiger partial charge in [0, 0.05) is 30.4 Å². The molecule has 2 N–H and O–H groups in total. The van der Waals surface area contributed by atoms with Crippen molar-refractivity contribution in [3.8, 4) is 11.8 Å². The number of hydrogen-bond acceptors (Lipinski definition) is 3. The van der Waals surface area contributed by atoms with Crippen LogP contribution >= 0.6 is 0 Å². The predicted molar refractivity (Wildman–Crippen MR) is 74.5 cm³/mol. The highest BCUT2D eigenvalue weighted by molar-refractivity contribution is 5.60. The summed E-state index contributed by atoms with van der Waals surface area (Å²) in [4.78, 5) is 2.21. The van der Waals surface area contributed by atoms with Crippen LogP contribution in [0.2, 0.25) is 0 Å². The second-order valence-corrected chi connectivity index (χ2v) is 5.25. The number of hydrogen-bond donors (Lipinski definition) is 1. The van der Waals surface area contributed by atoms with Crippen molar-refractivity contribution in [3.63, 3.8) is 0 Å². The zero-order valence-corrected chi connectivity index (χ0v) is 11.3. The first-order chi connectivity index (χ1) is 8.47. The van der Waals surface area contributed by atoms with Gasteiger partial charge in [-0.1, -0.05) is 17.9 Å². The summed E-state index contributed by atoms with van der Waals surface area (Å²) in [7, 11) is 2.08. The van der Waals surface area contributed by atoms with Crippen LogP contribution in [0.4, 0.5) is 5.69 Å². The van der Waals surface area contributed by atoms with Crippen molar-refractivity contribution in [1.29, 1.82) is 0 Å². The topological polar surface area (TPSA) is 38.5 Å². The van der Waals surface area contributed by atoms with Crippen LogP contribution in [0.3, 0.4) is 0 Å². The Hall–Kier alpha value is -1.50. The number of anilines is 1. The van der Waals surface area contributed by atoms with Crippen LogP contribution in [0, 0.1) is 11.8 Å². The molecule has 2 rings (SSSR count). The van der Waals surface area contributed by atoms with Crippen molar-refractivity contribution >= 4 is 5.69 Å². The van der Waals surface area contributed by atoms with Crippen LogP contribution in [-0.2, 0) is 11.3 Å². The van der Waals surface area contributed by atoms with Gasteiger partial charge in [-0.15, -0.1) is 0 Å². The Balaban J connectivity index is 2.43. The lowest BCUT2D eigenvalue weighted by Gasteiger charge is -2.18. The van der Waals surface area contributed by atoms with E-state index in [0.29, 0.717) is 6.61 Å². The van der Waals surface area contributed by atoms with Gasteiger partial charge in [0.2, 0.25) is 0 Å². The molecule has 0 bridgehead atoms. The number of nitrogens with zero attached hydrogens (tertiary/aromatic N) is 1.